The minimum Gasteiger partial charge on any atom is -0.488 e. The van der Waals surface area contributed by atoms with Crippen molar-refractivity contribution in [3.8, 4) is 11.4 Å². The highest BCUT2D eigenvalue weighted by Crippen LogP contribution is 2.32. The smallest absolute Gasteiger partial charge is 0.196 e. The molecule has 0 saturated heterocycles. The molecular weight excluding hydrogens is 371 g/mol. The Bertz CT molecular complexity index is 1040. The Morgan fingerprint density at radius 1 is 1.15 bits per heavy atom. The maximum absolute atomic E-state index is 12.8. The third kappa shape index (κ3) is 2.91. The maximum Gasteiger partial charge on any atom is 0.196 e. The van der Waals surface area contributed by atoms with Crippen molar-refractivity contribution >= 4 is 35.1 Å². The number of nitrogens with zero attached hydrogens (tertiary/aromatic N) is 2. The molecule has 0 radical (unpaired) electrons. The van der Waals surface area contributed by atoms with Gasteiger partial charge in [0, 0.05) is 16.2 Å². The van der Waals surface area contributed by atoms with Crippen LogP contribution in [0.3, 0.4) is 0 Å². The van der Waals surface area contributed by atoms with Gasteiger partial charge < -0.3 is 4.74 Å². The van der Waals surface area contributed by atoms with Gasteiger partial charge in [0.1, 0.15) is 17.5 Å². The Hall–Kier alpha value is -2.56. The first kappa shape index (κ1) is 16.9. The van der Waals surface area contributed by atoms with Crippen molar-refractivity contribution in [1.82, 2.24) is 9.78 Å². The van der Waals surface area contributed by atoms with Crippen molar-refractivity contribution in [2.45, 2.75) is 6.92 Å². The quantitative estimate of drug-likeness (QED) is 0.574. The molecule has 3 aromatic rings. The van der Waals surface area contributed by atoms with E-state index in [0.717, 1.165) is 11.4 Å². The molecule has 0 spiro atoms. The Morgan fingerprint density at radius 3 is 2.69 bits per heavy atom. The standard InChI is InChI=1S/C20H14Cl2N2O2/c1-12-16(20(22)24(23-12)15-5-3-2-4-6-15)9-13-11-26-18-8-7-14(21)10-17(18)19(13)25/h2-10H,11H2,1H3/b13-9-. The van der Waals surface area contributed by atoms with Crippen molar-refractivity contribution in [2.75, 3.05) is 6.61 Å². The van der Waals surface area contributed by atoms with Gasteiger partial charge in [-0.3, -0.25) is 4.79 Å². The van der Waals surface area contributed by atoms with E-state index >= 15 is 0 Å². The monoisotopic (exact) mass is 384 g/mol. The van der Waals surface area contributed by atoms with E-state index in [4.69, 9.17) is 27.9 Å². The molecule has 0 aliphatic carbocycles. The van der Waals surface area contributed by atoms with Gasteiger partial charge >= 0.3 is 0 Å². The first-order chi connectivity index (χ1) is 12.5. The van der Waals surface area contributed by atoms with E-state index in [1.165, 1.54) is 0 Å². The third-order valence-electron chi connectivity index (χ3n) is 4.23. The molecule has 0 N–H and O–H groups in total. The zero-order valence-electron chi connectivity index (χ0n) is 13.9. The summed E-state index contributed by atoms with van der Waals surface area (Å²) in [6, 6.07) is 14.6. The van der Waals surface area contributed by atoms with E-state index in [1.807, 2.05) is 37.3 Å². The van der Waals surface area contributed by atoms with E-state index in [2.05, 4.69) is 5.10 Å². The fourth-order valence-electron chi connectivity index (χ4n) is 2.90. The summed E-state index contributed by atoms with van der Waals surface area (Å²) in [5, 5.41) is 5.44. The van der Waals surface area contributed by atoms with Crippen LogP contribution < -0.4 is 4.74 Å². The molecule has 2 heterocycles. The summed E-state index contributed by atoms with van der Waals surface area (Å²) in [5.74, 6) is 0.427. The molecule has 2 aromatic carbocycles. The molecule has 1 aliphatic heterocycles. The van der Waals surface area contributed by atoms with Gasteiger partial charge in [-0.15, -0.1) is 0 Å². The zero-order chi connectivity index (χ0) is 18.3. The van der Waals surface area contributed by atoms with Crippen molar-refractivity contribution in [3.63, 3.8) is 0 Å². The van der Waals surface area contributed by atoms with Gasteiger partial charge in [0.05, 0.1) is 16.9 Å². The van der Waals surface area contributed by atoms with Crippen LogP contribution in [-0.2, 0) is 0 Å². The largest absolute Gasteiger partial charge is 0.488 e. The lowest BCUT2D eigenvalue weighted by atomic mass is 9.98. The van der Waals surface area contributed by atoms with Crippen LogP contribution in [0.15, 0.2) is 54.1 Å². The molecule has 0 bridgehead atoms. The molecule has 0 amide bonds. The average Bonchev–Trinajstić information content (AvgIpc) is 2.93. The second-order valence-corrected chi connectivity index (χ2v) is 6.76. The predicted molar refractivity (Wildman–Crippen MR) is 103 cm³/mol. The number of halogens is 2. The molecule has 130 valence electrons. The molecule has 0 fully saturated rings. The number of carbonyl (C=O) groups is 1. The van der Waals surface area contributed by atoms with E-state index in [0.29, 0.717) is 32.6 Å². The van der Waals surface area contributed by atoms with Gasteiger partial charge in [-0.25, -0.2) is 4.68 Å². The average molecular weight is 385 g/mol. The van der Waals surface area contributed by atoms with Crippen LogP contribution >= 0.6 is 23.2 Å². The molecule has 6 heteroatoms. The lowest BCUT2D eigenvalue weighted by Gasteiger charge is -2.18. The van der Waals surface area contributed by atoms with Crippen molar-refractivity contribution < 1.29 is 9.53 Å². The van der Waals surface area contributed by atoms with E-state index < -0.39 is 0 Å². The third-order valence-corrected chi connectivity index (χ3v) is 4.83. The number of para-hydroxylation sites is 1. The van der Waals surface area contributed by atoms with Gasteiger partial charge in [-0.2, -0.15) is 5.10 Å². The van der Waals surface area contributed by atoms with Gasteiger partial charge in [0.15, 0.2) is 5.78 Å². The normalized spacial score (nSPS) is 15.0. The molecule has 26 heavy (non-hydrogen) atoms. The molecule has 0 unspecified atom stereocenters. The van der Waals surface area contributed by atoms with Gasteiger partial charge in [-0.05, 0) is 43.3 Å². The van der Waals surface area contributed by atoms with Crippen LogP contribution in [0, 0.1) is 6.92 Å². The van der Waals surface area contributed by atoms with Crippen LogP contribution in [0.25, 0.3) is 11.8 Å². The number of aromatic nitrogens is 2. The second-order valence-electron chi connectivity index (χ2n) is 5.97. The first-order valence-corrected chi connectivity index (χ1v) is 8.78. The number of Topliss-reactive ketones (excluding diaryl/α,β-unsaturated/α-hetero) is 1. The molecular formula is C20H14Cl2N2O2. The second kappa shape index (κ2) is 6.63. The number of ketones is 1. The molecule has 4 rings (SSSR count). The highest BCUT2D eigenvalue weighted by atomic mass is 35.5. The number of aryl methyl sites for hydroxylation is 1. The Labute approximate surface area is 160 Å². The number of hydrogen-bond acceptors (Lipinski definition) is 3. The number of hydrogen-bond donors (Lipinski definition) is 0. The number of benzene rings is 2. The molecule has 4 nitrogen and oxygen atoms in total. The van der Waals surface area contributed by atoms with Crippen LogP contribution in [-0.4, -0.2) is 22.2 Å². The predicted octanol–water partition coefficient (Wildman–Crippen LogP) is 5.15. The van der Waals surface area contributed by atoms with E-state index in [1.54, 1.807) is 29.0 Å². The van der Waals surface area contributed by atoms with Crippen molar-refractivity contribution in [2.24, 2.45) is 0 Å². The Balaban J connectivity index is 1.76. The summed E-state index contributed by atoms with van der Waals surface area (Å²) in [5.41, 5.74) is 3.26. The minimum absolute atomic E-state index is 0.114. The van der Waals surface area contributed by atoms with Crippen LogP contribution in [0.5, 0.6) is 5.75 Å². The molecule has 0 saturated carbocycles. The maximum atomic E-state index is 12.8. The zero-order valence-corrected chi connectivity index (χ0v) is 15.4. The minimum atomic E-state index is -0.114. The van der Waals surface area contributed by atoms with Gasteiger partial charge in [0.2, 0.25) is 0 Å². The molecule has 1 aliphatic rings. The Kier molecular flexibility index (Phi) is 4.31. The lowest BCUT2D eigenvalue weighted by Crippen LogP contribution is -2.19. The number of ether oxygens (including phenoxy) is 1. The topological polar surface area (TPSA) is 44.1 Å². The van der Waals surface area contributed by atoms with Crippen LogP contribution in [0.1, 0.15) is 21.6 Å². The summed E-state index contributed by atoms with van der Waals surface area (Å²) < 4.78 is 7.34. The van der Waals surface area contributed by atoms with Crippen molar-refractivity contribution in [1.29, 1.82) is 0 Å². The summed E-state index contributed by atoms with van der Waals surface area (Å²) in [6.07, 6.45) is 1.75. The fraction of sp³-hybridized carbons (Fsp3) is 0.100. The van der Waals surface area contributed by atoms with E-state index in [-0.39, 0.29) is 12.4 Å². The number of carbonyl (C=O) groups excluding carboxylic acids is 1. The summed E-state index contributed by atoms with van der Waals surface area (Å²) in [6.45, 7) is 2.04. The summed E-state index contributed by atoms with van der Waals surface area (Å²) in [7, 11) is 0. The lowest BCUT2D eigenvalue weighted by molar-refractivity contribution is 0.100. The highest BCUT2D eigenvalue weighted by Gasteiger charge is 2.25. The summed E-state index contributed by atoms with van der Waals surface area (Å²) >= 11 is 12.5. The van der Waals surface area contributed by atoms with E-state index in [9.17, 15) is 4.79 Å². The van der Waals surface area contributed by atoms with Crippen molar-refractivity contribution in [3.05, 3.63) is 81.1 Å². The van der Waals surface area contributed by atoms with Crippen LogP contribution in [0.4, 0.5) is 0 Å². The Morgan fingerprint density at radius 2 is 1.92 bits per heavy atom. The fourth-order valence-corrected chi connectivity index (χ4v) is 3.40. The SMILES string of the molecule is Cc1nn(-c2ccccc2)c(Cl)c1/C=C1/COc2ccc(Cl)cc2C1=O. The first-order valence-electron chi connectivity index (χ1n) is 8.03. The highest BCUT2D eigenvalue weighted by molar-refractivity contribution is 6.32. The van der Waals surface area contributed by atoms with Gasteiger partial charge in [-0.1, -0.05) is 41.4 Å². The molecule has 1 aromatic heterocycles. The number of rotatable bonds is 2. The van der Waals surface area contributed by atoms with Crippen LogP contribution in [0.2, 0.25) is 10.2 Å². The number of fused-ring (bicyclic) bond motifs is 1. The van der Waals surface area contributed by atoms with Gasteiger partial charge in [0.25, 0.3) is 0 Å². The summed E-state index contributed by atoms with van der Waals surface area (Å²) in [4.78, 5) is 12.8. The molecule has 0 atom stereocenters.